The lowest BCUT2D eigenvalue weighted by Crippen LogP contribution is -2.08. The van der Waals surface area contributed by atoms with Gasteiger partial charge in [0.05, 0.1) is 0 Å². The van der Waals surface area contributed by atoms with E-state index >= 15 is 0 Å². The lowest BCUT2D eigenvalue weighted by Gasteiger charge is -2.39. The van der Waals surface area contributed by atoms with Gasteiger partial charge < -0.3 is 4.74 Å². The fourth-order valence-corrected chi connectivity index (χ4v) is 2.25. The van der Waals surface area contributed by atoms with Gasteiger partial charge in [-0.1, -0.05) is 25.5 Å². The van der Waals surface area contributed by atoms with E-state index in [2.05, 4.69) is 4.98 Å². The Hall–Kier alpha value is -1.10. The van der Waals surface area contributed by atoms with Gasteiger partial charge in [-0.05, 0) is 52.9 Å². The molecule has 0 amide bonds. The van der Waals surface area contributed by atoms with Crippen molar-refractivity contribution in [3.05, 3.63) is 46.0 Å². The molecule has 0 unspecified atom stereocenters. The van der Waals surface area contributed by atoms with Crippen molar-refractivity contribution in [2.24, 2.45) is 0 Å². The highest BCUT2D eigenvalue weighted by Gasteiger charge is 2.67. The first kappa shape index (κ1) is 15.3. The highest BCUT2D eigenvalue weighted by atomic mass is 127. The first-order valence-electron chi connectivity index (χ1n) is 5.09. The van der Waals surface area contributed by atoms with Crippen LogP contribution in [0.5, 0.6) is 11.6 Å². The van der Waals surface area contributed by atoms with Gasteiger partial charge in [-0.3, -0.25) is 0 Å². The van der Waals surface area contributed by atoms with Crippen LogP contribution < -0.4 is 4.74 Å². The smallest absolute Gasteiger partial charge is 0.326 e. The first-order chi connectivity index (χ1) is 8.94. The predicted octanol–water partition coefficient (Wildman–Crippen LogP) is 6.14. The summed E-state index contributed by atoms with van der Waals surface area (Å²) in [4.78, 5) is 2.86. The minimum Gasteiger partial charge on any atom is -0.439 e. The molecule has 20 heavy (non-hydrogen) atoms. The molecule has 0 fully saturated rings. The summed E-state index contributed by atoms with van der Waals surface area (Å²) in [5.74, 6) is -0.339. The molecule has 1 heterocycles. The van der Waals surface area contributed by atoms with Crippen molar-refractivity contribution in [3.8, 4) is 11.6 Å². The van der Waals surface area contributed by atoms with E-state index < -0.39 is 21.1 Å². The standard InChI is InChI=1S/C11H7F5INOS/c12-20(13,14,15,16)11-3-1-2-10(18-11)19-9-6-4-8(17)5-7-9/h1-7H. The molecule has 0 aliphatic heterocycles. The molecule has 0 atom stereocenters. The number of benzene rings is 1. The van der Waals surface area contributed by atoms with Gasteiger partial charge in [-0.2, -0.15) is 4.98 Å². The number of pyridine rings is 1. The van der Waals surface area contributed by atoms with Crippen LogP contribution >= 0.6 is 32.8 Å². The molecular weight excluding hydrogens is 416 g/mol. The summed E-state index contributed by atoms with van der Waals surface area (Å²) in [6, 6.07) is 8.43. The molecule has 0 aliphatic rings. The zero-order chi connectivity index (χ0) is 15.1. The summed E-state index contributed by atoms with van der Waals surface area (Å²) in [6.07, 6.45) is 0. The van der Waals surface area contributed by atoms with E-state index in [0.717, 1.165) is 15.7 Å². The Morgan fingerprint density at radius 1 is 0.900 bits per heavy atom. The van der Waals surface area contributed by atoms with Gasteiger partial charge in [0.25, 0.3) is 0 Å². The second-order valence-corrected chi connectivity index (χ2v) is 7.44. The van der Waals surface area contributed by atoms with Crippen molar-refractivity contribution in [2.45, 2.75) is 5.03 Å². The van der Waals surface area contributed by atoms with Gasteiger partial charge in [0.15, 0.2) is 5.03 Å². The lowest BCUT2D eigenvalue weighted by atomic mass is 10.3. The summed E-state index contributed by atoms with van der Waals surface area (Å²) in [7, 11) is -9.79. The zero-order valence-electron chi connectivity index (χ0n) is 9.57. The van der Waals surface area contributed by atoms with E-state index in [0.29, 0.717) is 0 Å². The quantitative estimate of drug-likeness (QED) is 0.438. The van der Waals surface area contributed by atoms with E-state index in [4.69, 9.17) is 4.74 Å². The van der Waals surface area contributed by atoms with Gasteiger partial charge >= 0.3 is 10.2 Å². The number of hydrogen-bond donors (Lipinski definition) is 0. The van der Waals surface area contributed by atoms with Crippen LogP contribution in [0.4, 0.5) is 19.4 Å². The lowest BCUT2D eigenvalue weighted by molar-refractivity contribution is 0.354. The van der Waals surface area contributed by atoms with Crippen LogP contribution in [-0.2, 0) is 0 Å². The molecule has 9 heteroatoms. The monoisotopic (exact) mass is 423 g/mol. The molecule has 0 saturated carbocycles. The van der Waals surface area contributed by atoms with Crippen molar-refractivity contribution < 1.29 is 24.2 Å². The van der Waals surface area contributed by atoms with E-state index in [1.807, 2.05) is 22.6 Å². The average Bonchev–Trinajstić information content (AvgIpc) is 2.30. The highest BCUT2D eigenvalue weighted by molar-refractivity contribution is 14.1. The highest BCUT2D eigenvalue weighted by Crippen LogP contribution is 3.01. The second-order valence-electron chi connectivity index (χ2n) is 3.84. The van der Waals surface area contributed by atoms with Crippen LogP contribution in [0.25, 0.3) is 0 Å². The van der Waals surface area contributed by atoms with Crippen molar-refractivity contribution in [1.29, 1.82) is 0 Å². The number of aromatic nitrogens is 1. The summed E-state index contributed by atoms with van der Waals surface area (Å²) in [5, 5.41) is -2.21. The normalized spacial score (nSPS) is 15.3. The summed E-state index contributed by atoms with van der Waals surface area (Å²) < 4.78 is 68.9. The Morgan fingerprint density at radius 3 is 2.05 bits per heavy atom. The molecule has 0 aliphatic carbocycles. The third-order valence-corrected chi connectivity index (χ3v) is 3.87. The van der Waals surface area contributed by atoms with Crippen LogP contribution in [-0.4, -0.2) is 4.98 Å². The van der Waals surface area contributed by atoms with Crippen LogP contribution in [0, 0.1) is 3.57 Å². The maximum absolute atomic E-state index is 12.6. The maximum atomic E-state index is 12.6. The molecule has 0 bridgehead atoms. The summed E-state index contributed by atoms with van der Waals surface area (Å²) in [5.41, 5.74) is 0. The fourth-order valence-electron chi connectivity index (χ4n) is 1.29. The van der Waals surface area contributed by atoms with Gasteiger partial charge in [0, 0.05) is 9.64 Å². The van der Waals surface area contributed by atoms with Crippen molar-refractivity contribution >= 4 is 32.8 Å². The Labute approximate surface area is 124 Å². The number of halogens is 6. The molecule has 0 N–H and O–H groups in total. The van der Waals surface area contributed by atoms with Crippen molar-refractivity contribution in [1.82, 2.24) is 4.98 Å². The maximum Gasteiger partial charge on any atom is 0.326 e. The van der Waals surface area contributed by atoms with Gasteiger partial charge in [0.1, 0.15) is 5.75 Å². The predicted molar refractivity (Wildman–Crippen MR) is 74.9 cm³/mol. The molecule has 0 spiro atoms. The van der Waals surface area contributed by atoms with E-state index in [1.54, 1.807) is 12.1 Å². The number of rotatable bonds is 3. The molecule has 1 aromatic carbocycles. The minimum absolute atomic E-state index is 0.206. The summed E-state index contributed by atoms with van der Waals surface area (Å²) in [6.45, 7) is 0. The third kappa shape index (κ3) is 3.95. The average molecular weight is 423 g/mol. The number of ether oxygens (including phenoxy) is 1. The van der Waals surface area contributed by atoms with Crippen LogP contribution in [0.2, 0.25) is 0 Å². The molecule has 2 rings (SSSR count). The van der Waals surface area contributed by atoms with E-state index in [-0.39, 0.29) is 11.8 Å². The minimum atomic E-state index is -9.79. The van der Waals surface area contributed by atoms with Gasteiger partial charge in [-0.15, -0.1) is 0 Å². The molecule has 2 aromatic rings. The second kappa shape index (κ2) is 4.20. The molecular formula is C11H7F5INOS. The third-order valence-electron chi connectivity index (χ3n) is 2.13. The van der Waals surface area contributed by atoms with Crippen molar-refractivity contribution in [3.63, 3.8) is 0 Å². The van der Waals surface area contributed by atoms with Crippen LogP contribution in [0.15, 0.2) is 47.5 Å². The first-order valence-corrected chi connectivity index (χ1v) is 8.12. The van der Waals surface area contributed by atoms with Gasteiger partial charge in [-0.25, -0.2) is 0 Å². The molecule has 110 valence electrons. The Morgan fingerprint density at radius 2 is 1.50 bits per heavy atom. The Balaban J connectivity index is 2.35. The van der Waals surface area contributed by atoms with Crippen LogP contribution in [0.1, 0.15) is 0 Å². The molecule has 0 radical (unpaired) electrons. The largest absolute Gasteiger partial charge is 0.439 e. The van der Waals surface area contributed by atoms with Crippen molar-refractivity contribution in [2.75, 3.05) is 0 Å². The molecule has 0 saturated heterocycles. The molecule has 1 aromatic heterocycles. The Bertz CT molecular complexity index is 644. The molecule has 2 nitrogen and oxygen atoms in total. The van der Waals surface area contributed by atoms with Gasteiger partial charge in [0.2, 0.25) is 5.88 Å². The van der Waals surface area contributed by atoms with Crippen LogP contribution in [0.3, 0.4) is 0 Å². The summed E-state index contributed by atoms with van der Waals surface area (Å²) >= 11 is 2.03. The SMILES string of the molecule is FS(F)(F)(F)(F)c1cccc(Oc2ccc(I)cc2)n1. The van der Waals surface area contributed by atoms with E-state index in [1.165, 1.54) is 12.1 Å². The number of hydrogen-bond acceptors (Lipinski definition) is 2. The topological polar surface area (TPSA) is 22.1 Å². The Kier molecular flexibility index (Phi) is 3.21. The fraction of sp³-hybridized carbons (Fsp3) is 0. The zero-order valence-corrected chi connectivity index (χ0v) is 12.5. The van der Waals surface area contributed by atoms with E-state index in [9.17, 15) is 19.4 Å². The number of nitrogens with zero attached hydrogens (tertiary/aromatic N) is 1.